The number of aliphatic hydroxyl groups excluding tert-OH is 8. The third-order valence-electron chi connectivity index (χ3n) is 8.22. The summed E-state index contributed by atoms with van der Waals surface area (Å²) in [5, 5.41) is 93.4. The lowest BCUT2D eigenvalue weighted by atomic mass is 9.91. The van der Waals surface area contributed by atoms with Gasteiger partial charge < -0.3 is 88.5 Å². The molecule has 0 amide bonds. The third-order valence-corrected chi connectivity index (χ3v) is 8.78. The molecule has 2 rings (SSSR count). The van der Waals surface area contributed by atoms with Gasteiger partial charge in [0.1, 0.15) is 48.8 Å². The summed E-state index contributed by atoms with van der Waals surface area (Å²) in [5.41, 5.74) is 0. The molecule has 0 saturated carbocycles. The van der Waals surface area contributed by atoms with Gasteiger partial charge in [-0.15, -0.1) is 0 Å². The quantitative estimate of drug-likeness (QED) is 0.0269. The number of hydrogen-bond donors (Lipinski definition) is 10. The molecule has 0 bridgehead atoms. The van der Waals surface area contributed by atoms with Crippen molar-refractivity contribution < 1.29 is 88.5 Å². The van der Waals surface area contributed by atoms with Gasteiger partial charge in [0.05, 0.1) is 44.2 Å². The van der Waals surface area contributed by atoms with Crippen LogP contribution >= 0.6 is 8.38 Å². The van der Waals surface area contributed by atoms with E-state index in [9.17, 15) is 50.9 Å². The monoisotopic (exact) mass is 752 g/mol. The van der Waals surface area contributed by atoms with Crippen LogP contribution in [0.1, 0.15) is 59.3 Å². The zero-order valence-electron chi connectivity index (χ0n) is 29.3. The van der Waals surface area contributed by atoms with E-state index in [0.29, 0.717) is 45.5 Å². The van der Waals surface area contributed by atoms with Crippen molar-refractivity contribution in [1.29, 1.82) is 0 Å². The Morgan fingerprint density at radius 3 is 1.84 bits per heavy atom. The van der Waals surface area contributed by atoms with Crippen LogP contribution in [0.25, 0.3) is 0 Å². The standard InChI is InChI=1S/C31H61O18P/c1-17(2)43-11-9-8-10-42-15-21-24(34)26(36)23(33)20(47-21)14-19(18(3)32)48-31(29(39)40)45-16-22-25(35)27(37)28(38)30(49-22)44-12-6-5-7-13-46-50(4)41/h17-41H,5-16H2,1-4H3. The number of hydrogen-bond acceptors (Lipinski definition) is 18. The second-order valence-electron chi connectivity index (χ2n) is 12.9. The molecular weight excluding hydrogens is 691 g/mol. The average molecular weight is 753 g/mol. The van der Waals surface area contributed by atoms with Crippen LogP contribution < -0.4 is 0 Å². The maximum atomic E-state index is 10.7. The molecule has 2 saturated heterocycles. The molecule has 2 fully saturated rings. The molecule has 19 heteroatoms. The fourth-order valence-electron chi connectivity index (χ4n) is 5.31. The van der Waals surface area contributed by atoms with E-state index in [1.54, 1.807) is 6.66 Å². The van der Waals surface area contributed by atoms with Gasteiger partial charge in [0.25, 0.3) is 0 Å². The molecule has 0 aromatic rings. The fourth-order valence-corrected chi connectivity index (χ4v) is 5.70. The number of aliphatic hydroxyl groups is 9. The largest absolute Gasteiger partial charge is 0.391 e. The van der Waals surface area contributed by atoms with Gasteiger partial charge in [-0.25, -0.2) is 0 Å². The predicted molar refractivity (Wildman–Crippen MR) is 174 cm³/mol. The van der Waals surface area contributed by atoms with Crippen molar-refractivity contribution >= 4 is 8.38 Å². The SMILES string of the molecule is CC(C)OCCCCOCC1OC(CC(OC(OCC2OC(OCCCCCOP(C)O)C(O)C(O)C2O)C(O)O)C(C)O)C(O)C(O)C1O. The highest BCUT2D eigenvalue weighted by Gasteiger charge is 2.47. The van der Waals surface area contributed by atoms with E-state index in [0.717, 1.165) is 6.42 Å². The van der Waals surface area contributed by atoms with Crippen LogP contribution in [0.2, 0.25) is 0 Å². The smallest absolute Gasteiger partial charge is 0.209 e. The Hall–Kier alpha value is -0.290. The van der Waals surface area contributed by atoms with Crippen molar-refractivity contribution in [2.45, 2.75) is 151 Å². The van der Waals surface area contributed by atoms with Gasteiger partial charge in [-0.3, -0.25) is 0 Å². The number of ether oxygens (including phenoxy) is 7. The highest BCUT2D eigenvalue weighted by atomic mass is 31.2. The minimum Gasteiger partial charge on any atom is -0.391 e. The predicted octanol–water partition coefficient (Wildman–Crippen LogP) is -2.19. The Bertz CT molecular complexity index is 873. The van der Waals surface area contributed by atoms with Crippen LogP contribution in [0.15, 0.2) is 0 Å². The third kappa shape index (κ3) is 16.0. The summed E-state index contributed by atoms with van der Waals surface area (Å²) in [6.45, 7) is 7.54. The summed E-state index contributed by atoms with van der Waals surface area (Å²) in [5.74, 6) is 0. The van der Waals surface area contributed by atoms with E-state index in [2.05, 4.69) is 0 Å². The molecule has 2 heterocycles. The van der Waals surface area contributed by atoms with Gasteiger partial charge >= 0.3 is 0 Å². The molecule has 0 spiro atoms. The summed E-state index contributed by atoms with van der Waals surface area (Å²) in [6.07, 6.45) is -17.9. The van der Waals surface area contributed by atoms with Gasteiger partial charge in [0, 0.05) is 32.9 Å². The van der Waals surface area contributed by atoms with E-state index in [4.69, 9.17) is 37.7 Å². The lowest BCUT2D eigenvalue weighted by Crippen LogP contribution is -2.60. The van der Waals surface area contributed by atoms with E-state index in [1.165, 1.54) is 6.92 Å². The Balaban J connectivity index is 1.93. The molecule has 10 N–H and O–H groups in total. The van der Waals surface area contributed by atoms with Crippen LogP contribution in [-0.4, -0.2) is 189 Å². The van der Waals surface area contributed by atoms with Gasteiger partial charge in [0.2, 0.25) is 12.6 Å². The maximum absolute atomic E-state index is 10.7. The van der Waals surface area contributed by atoms with E-state index >= 15 is 0 Å². The highest BCUT2D eigenvalue weighted by Crippen LogP contribution is 2.28. The zero-order chi connectivity index (χ0) is 37.4. The van der Waals surface area contributed by atoms with Gasteiger partial charge in [0.15, 0.2) is 14.7 Å². The van der Waals surface area contributed by atoms with Crippen LogP contribution in [0, 0.1) is 0 Å². The Labute approximate surface area is 294 Å². The Morgan fingerprint density at radius 2 is 1.22 bits per heavy atom. The van der Waals surface area contributed by atoms with Crippen molar-refractivity contribution in [3.63, 3.8) is 0 Å². The second-order valence-corrected chi connectivity index (χ2v) is 14.1. The molecule has 14 atom stereocenters. The summed E-state index contributed by atoms with van der Waals surface area (Å²) in [6, 6.07) is 0. The number of unbranched alkanes of at least 4 members (excludes halogenated alkanes) is 3. The van der Waals surface area contributed by atoms with Gasteiger partial charge in [-0.05, 0) is 52.9 Å². The molecule has 2 aliphatic rings. The molecule has 14 unspecified atom stereocenters. The van der Waals surface area contributed by atoms with Crippen molar-refractivity contribution in [2.24, 2.45) is 0 Å². The molecular formula is C31H61O18P. The second kappa shape index (κ2) is 24.2. The molecule has 0 aromatic heterocycles. The van der Waals surface area contributed by atoms with Gasteiger partial charge in [-0.1, -0.05) is 0 Å². The molecule has 2 aliphatic heterocycles. The minimum absolute atomic E-state index is 0.0950. The number of rotatable bonds is 25. The minimum atomic E-state index is -2.27. The van der Waals surface area contributed by atoms with E-state index in [1.807, 2.05) is 13.8 Å². The average Bonchev–Trinajstić information content (AvgIpc) is 3.05. The molecule has 50 heavy (non-hydrogen) atoms. The van der Waals surface area contributed by atoms with E-state index < -0.39 is 101 Å². The van der Waals surface area contributed by atoms with Crippen LogP contribution in [0.4, 0.5) is 0 Å². The topological polar surface area (TPSA) is 276 Å². The van der Waals surface area contributed by atoms with Crippen molar-refractivity contribution in [2.75, 3.05) is 46.3 Å². The fraction of sp³-hybridized carbons (Fsp3) is 1.00. The first-order valence-electron chi connectivity index (χ1n) is 17.2. The van der Waals surface area contributed by atoms with Crippen molar-refractivity contribution in [1.82, 2.24) is 0 Å². The molecule has 0 radical (unpaired) electrons. The van der Waals surface area contributed by atoms with Gasteiger partial charge in [-0.2, -0.15) is 0 Å². The first kappa shape index (κ1) is 45.9. The first-order valence-corrected chi connectivity index (χ1v) is 18.9. The van der Waals surface area contributed by atoms with Crippen molar-refractivity contribution in [3.05, 3.63) is 0 Å². The lowest BCUT2D eigenvalue weighted by molar-refractivity contribution is -0.326. The molecule has 18 nitrogen and oxygen atoms in total. The van der Waals surface area contributed by atoms with Crippen LogP contribution in [0.5, 0.6) is 0 Å². The first-order chi connectivity index (χ1) is 23.6. The summed E-state index contributed by atoms with van der Waals surface area (Å²) in [7, 11) is -1.43. The van der Waals surface area contributed by atoms with Crippen molar-refractivity contribution in [3.8, 4) is 0 Å². The lowest BCUT2D eigenvalue weighted by Gasteiger charge is -2.42. The Kier molecular flexibility index (Phi) is 22.2. The summed E-state index contributed by atoms with van der Waals surface area (Å²) >= 11 is 0. The van der Waals surface area contributed by atoms with Crippen LogP contribution in [0.3, 0.4) is 0 Å². The molecule has 0 aliphatic carbocycles. The normalized spacial score (nSPS) is 33.1. The molecule has 0 aromatic carbocycles. The van der Waals surface area contributed by atoms with Crippen LogP contribution in [-0.2, 0) is 37.7 Å². The zero-order valence-corrected chi connectivity index (χ0v) is 30.2. The maximum Gasteiger partial charge on any atom is 0.209 e. The van der Waals surface area contributed by atoms with E-state index in [-0.39, 0.29) is 25.7 Å². The summed E-state index contributed by atoms with van der Waals surface area (Å²) in [4.78, 5) is 9.20. The Morgan fingerprint density at radius 1 is 0.640 bits per heavy atom. The molecule has 298 valence electrons. The summed E-state index contributed by atoms with van der Waals surface area (Å²) < 4.78 is 44.3. The highest BCUT2D eigenvalue weighted by molar-refractivity contribution is 7.45.